The van der Waals surface area contributed by atoms with Crippen LogP contribution in [-0.2, 0) is 5.41 Å². The van der Waals surface area contributed by atoms with E-state index in [1.807, 2.05) is 63.2 Å². The number of hydrogen-bond donors (Lipinski definition) is 0. The Hall–Kier alpha value is -4.01. The van der Waals surface area contributed by atoms with Gasteiger partial charge in [0.05, 0.1) is 6.21 Å². The molecule has 0 unspecified atom stereocenters. The van der Waals surface area contributed by atoms with E-state index in [2.05, 4.69) is 51.3 Å². The molecule has 0 saturated carbocycles. The van der Waals surface area contributed by atoms with Crippen LogP contribution in [-0.4, -0.2) is 43.5 Å². The fourth-order valence-electron chi connectivity index (χ4n) is 3.41. The van der Waals surface area contributed by atoms with E-state index in [1.54, 1.807) is 6.21 Å². The minimum atomic E-state index is -0.449. The summed E-state index contributed by atoms with van der Waals surface area (Å²) >= 11 is 0. The quantitative estimate of drug-likeness (QED) is 0.309. The molecule has 0 fully saturated rings. The molecule has 0 amide bonds. The number of rotatable bonds is 7. The molecular formula is C25H29N7O2. The summed E-state index contributed by atoms with van der Waals surface area (Å²) in [5.74, 6) is 0.999. The summed E-state index contributed by atoms with van der Waals surface area (Å²) in [6.07, 6.45) is 3.06. The first kappa shape index (κ1) is 23.2. The largest absolute Gasteiger partial charge is 0.473 e. The van der Waals surface area contributed by atoms with Crippen LogP contribution in [0.3, 0.4) is 0 Å². The third kappa shape index (κ3) is 4.98. The summed E-state index contributed by atoms with van der Waals surface area (Å²) in [6.45, 7) is 10.5. The molecule has 4 rings (SSSR count). The maximum Gasteiger partial charge on any atom is 0.298 e. The first-order valence-corrected chi connectivity index (χ1v) is 11.2. The molecule has 2 aromatic heterocycles. The summed E-state index contributed by atoms with van der Waals surface area (Å²) in [5.41, 5.74) is 1.54. The van der Waals surface area contributed by atoms with E-state index in [-0.39, 0.29) is 11.3 Å². The van der Waals surface area contributed by atoms with E-state index < -0.39 is 5.41 Å². The molecule has 0 saturated heterocycles. The van der Waals surface area contributed by atoms with Crippen molar-refractivity contribution in [3.05, 3.63) is 82.5 Å². The SMILES string of the molecule is CC(C)N(COc1ccc(/C=N/n2c(=O)c(C(C)(C)C)nn3cnnc23)cc1)c1ccccc1. The van der Waals surface area contributed by atoms with Crippen molar-refractivity contribution in [3.8, 4) is 5.75 Å². The monoisotopic (exact) mass is 459 g/mol. The zero-order valence-electron chi connectivity index (χ0n) is 20.1. The van der Waals surface area contributed by atoms with Crippen molar-refractivity contribution in [2.24, 2.45) is 5.10 Å². The topological polar surface area (TPSA) is 89.9 Å². The maximum absolute atomic E-state index is 13.0. The van der Waals surface area contributed by atoms with Crippen molar-refractivity contribution in [1.82, 2.24) is 24.5 Å². The minimum absolute atomic E-state index is 0.254. The smallest absolute Gasteiger partial charge is 0.298 e. The fraction of sp³-hybridized carbons (Fsp3) is 0.320. The molecule has 0 N–H and O–H groups in total. The summed E-state index contributed by atoms with van der Waals surface area (Å²) in [6, 6.07) is 18.0. The molecule has 0 aliphatic carbocycles. The molecule has 4 aromatic rings. The third-order valence-corrected chi connectivity index (χ3v) is 5.30. The van der Waals surface area contributed by atoms with Crippen LogP contribution in [0.25, 0.3) is 5.78 Å². The Kier molecular flexibility index (Phi) is 6.45. The maximum atomic E-state index is 13.0. The molecule has 0 aliphatic rings. The van der Waals surface area contributed by atoms with Crippen LogP contribution in [0.4, 0.5) is 5.69 Å². The van der Waals surface area contributed by atoms with Crippen molar-refractivity contribution >= 4 is 17.7 Å². The van der Waals surface area contributed by atoms with Gasteiger partial charge in [-0.05, 0) is 55.8 Å². The van der Waals surface area contributed by atoms with Gasteiger partial charge >= 0.3 is 0 Å². The molecule has 0 atom stereocenters. The minimum Gasteiger partial charge on any atom is -0.473 e. The van der Waals surface area contributed by atoms with E-state index in [0.717, 1.165) is 17.0 Å². The molecule has 34 heavy (non-hydrogen) atoms. The van der Waals surface area contributed by atoms with Crippen LogP contribution >= 0.6 is 0 Å². The predicted octanol–water partition coefficient (Wildman–Crippen LogP) is 3.72. The van der Waals surface area contributed by atoms with Crippen LogP contribution in [0.5, 0.6) is 5.75 Å². The second kappa shape index (κ2) is 9.46. The highest BCUT2D eigenvalue weighted by Crippen LogP contribution is 2.19. The first-order valence-electron chi connectivity index (χ1n) is 11.2. The number of fused-ring (bicyclic) bond motifs is 1. The highest BCUT2D eigenvalue weighted by Gasteiger charge is 2.23. The van der Waals surface area contributed by atoms with Gasteiger partial charge in [0.2, 0.25) is 0 Å². The Balaban J connectivity index is 1.52. The Morgan fingerprint density at radius 1 is 1.09 bits per heavy atom. The van der Waals surface area contributed by atoms with Crippen molar-refractivity contribution in [1.29, 1.82) is 0 Å². The number of benzene rings is 2. The lowest BCUT2D eigenvalue weighted by atomic mass is 9.93. The van der Waals surface area contributed by atoms with Gasteiger partial charge in [-0.15, -0.1) is 10.2 Å². The molecule has 0 spiro atoms. The molecule has 176 valence electrons. The molecule has 0 bridgehead atoms. The van der Waals surface area contributed by atoms with Gasteiger partial charge < -0.3 is 9.64 Å². The molecule has 0 radical (unpaired) electrons. The van der Waals surface area contributed by atoms with Crippen LogP contribution < -0.4 is 15.2 Å². The van der Waals surface area contributed by atoms with Gasteiger partial charge in [0.15, 0.2) is 6.73 Å². The van der Waals surface area contributed by atoms with Gasteiger partial charge in [-0.1, -0.05) is 39.0 Å². The van der Waals surface area contributed by atoms with E-state index in [9.17, 15) is 4.79 Å². The van der Waals surface area contributed by atoms with Gasteiger partial charge in [0.1, 0.15) is 17.8 Å². The Labute approximate surface area is 198 Å². The number of para-hydroxylation sites is 1. The first-order chi connectivity index (χ1) is 16.2. The van der Waals surface area contributed by atoms with Crippen LogP contribution in [0.1, 0.15) is 45.9 Å². The van der Waals surface area contributed by atoms with Crippen molar-refractivity contribution < 1.29 is 4.74 Å². The van der Waals surface area contributed by atoms with E-state index >= 15 is 0 Å². The fourth-order valence-corrected chi connectivity index (χ4v) is 3.41. The number of anilines is 1. The lowest BCUT2D eigenvalue weighted by Gasteiger charge is -2.28. The average molecular weight is 460 g/mol. The molecule has 9 nitrogen and oxygen atoms in total. The summed E-state index contributed by atoms with van der Waals surface area (Å²) in [5, 5.41) is 16.6. The number of nitrogens with zero attached hydrogens (tertiary/aromatic N) is 7. The van der Waals surface area contributed by atoms with Crippen molar-refractivity contribution in [3.63, 3.8) is 0 Å². The van der Waals surface area contributed by atoms with Gasteiger partial charge in [0.25, 0.3) is 11.3 Å². The standard InChI is InChI=1S/C25H29N7O2/c1-18(2)30(20-9-7-6-8-10-20)17-34-21-13-11-19(12-14-21)15-27-32-23(33)22(25(3,4)5)29-31-16-26-28-24(31)32/h6-16,18H,17H2,1-5H3/b27-15+. The Morgan fingerprint density at radius 3 is 2.44 bits per heavy atom. The second-order valence-electron chi connectivity index (χ2n) is 9.28. The normalized spacial score (nSPS) is 12.1. The molecule has 2 aromatic carbocycles. The zero-order chi connectivity index (χ0) is 24.3. The third-order valence-electron chi connectivity index (χ3n) is 5.30. The van der Waals surface area contributed by atoms with Crippen LogP contribution in [0.15, 0.2) is 70.8 Å². The Bertz CT molecular complexity index is 1330. The summed E-state index contributed by atoms with van der Waals surface area (Å²) < 4.78 is 8.71. The van der Waals surface area contributed by atoms with Crippen molar-refractivity contribution in [2.75, 3.05) is 11.6 Å². The second-order valence-corrected chi connectivity index (χ2v) is 9.28. The van der Waals surface area contributed by atoms with Gasteiger partial charge in [-0.2, -0.15) is 19.4 Å². The molecule has 0 aliphatic heterocycles. The van der Waals surface area contributed by atoms with Crippen LogP contribution in [0.2, 0.25) is 0 Å². The van der Waals surface area contributed by atoms with Crippen molar-refractivity contribution in [2.45, 2.75) is 46.1 Å². The Morgan fingerprint density at radius 2 is 1.79 bits per heavy atom. The highest BCUT2D eigenvalue weighted by molar-refractivity contribution is 5.79. The van der Waals surface area contributed by atoms with Gasteiger partial charge in [-0.3, -0.25) is 4.79 Å². The summed E-state index contributed by atoms with van der Waals surface area (Å²) in [4.78, 5) is 15.2. The molecule has 9 heteroatoms. The van der Waals surface area contributed by atoms with E-state index in [4.69, 9.17) is 4.74 Å². The van der Waals surface area contributed by atoms with Gasteiger partial charge in [-0.25, -0.2) is 0 Å². The predicted molar refractivity (Wildman–Crippen MR) is 133 cm³/mol. The molecule has 2 heterocycles. The number of ether oxygens (including phenoxy) is 1. The summed E-state index contributed by atoms with van der Waals surface area (Å²) in [7, 11) is 0. The molecular weight excluding hydrogens is 430 g/mol. The van der Waals surface area contributed by atoms with E-state index in [0.29, 0.717) is 18.5 Å². The lowest BCUT2D eigenvalue weighted by Crippen LogP contribution is -2.34. The number of hydrogen-bond acceptors (Lipinski definition) is 7. The average Bonchev–Trinajstić information content (AvgIpc) is 3.27. The van der Waals surface area contributed by atoms with E-state index in [1.165, 1.54) is 15.5 Å². The van der Waals surface area contributed by atoms with Crippen LogP contribution in [0, 0.1) is 0 Å². The highest BCUT2D eigenvalue weighted by atomic mass is 16.5. The lowest BCUT2D eigenvalue weighted by molar-refractivity contribution is 0.304. The number of aromatic nitrogens is 5. The zero-order valence-corrected chi connectivity index (χ0v) is 20.1. The van der Waals surface area contributed by atoms with Gasteiger partial charge in [0, 0.05) is 17.1 Å².